The molecule has 0 spiro atoms. The molecular formula is C15H19ClNO+. The minimum Gasteiger partial charge on any atom is -0.455 e. The molecule has 1 aromatic carbocycles. The van der Waals surface area contributed by atoms with Crippen LogP contribution < -0.4 is 5.32 Å². The van der Waals surface area contributed by atoms with Crippen molar-refractivity contribution in [3.63, 3.8) is 0 Å². The van der Waals surface area contributed by atoms with E-state index in [1.165, 1.54) is 0 Å². The van der Waals surface area contributed by atoms with Crippen LogP contribution in [0.2, 0.25) is 5.02 Å². The fourth-order valence-electron chi connectivity index (χ4n) is 1.82. The predicted molar refractivity (Wildman–Crippen MR) is 74.5 cm³/mol. The quantitative estimate of drug-likeness (QED) is 0.882. The molecule has 0 aliphatic carbocycles. The monoisotopic (exact) mass is 264 g/mol. The van der Waals surface area contributed by atoms with E-state index in [0.717, 1.165) is 35.2 Å². The second-order valence-electron chi connectivity index (χ2n) is 4.90. The Morgan fingerprint density at radius 1 is 1.11 bits per heavy atom. The summed E-state index contributed by atoms with van der Waals surface area (Å²) in [5, 5.41) is 3.02. The average molecular weight is 265 g/mol. The maximum absolute atomic E-state index is 5.87. The molecule has 0 aliphatic heterocycles. The summed E-state index contributed by atoms with van der Waals surface area (Å²) in [4.78, 5) is 0. The van der Waals surface area contributed by atoms with Crippen molar-refractivity contribution in [2.45, 2.75) is 20.4 Å². The van der Waals surface area contributed by atoms with Gasteiger partial charge in [0.2, 0.25) is 0 Å². The molecule has 2 aromatic rings. The van der Waals surface area contributed by atoms with E-state index in [2.05, 4.69) is 19.2 Å². The molecule has 1 heterocycles. The first kappa shape index (κ1) is 13.2. The molecule has 3 heteroatoms. The molecule has 2 nitrogen and oxygen atoms in total. The SMILES string of the molecule is CC(C)C[NH2+]Cc1ccc(-c2ccc(Cl)cc2)o1. The summed E-state index contributed by atoms with van der Waals surface area (Å²) >= 11 is 5.87. The van der Waals surface area contributed by atoms with Crippen LogP contribution >= 0.6 is 11.6 Å². The first-order valence-electron chi connectivity index (χ1n) is 6.31. The topological polar surface area (TPSA) is 29.8 Å². The van der Waals surface area contributed by atoms with E-state index in [1.54, 1.807) is 0 Å². The molecule has 18 heavy (non-hydrogen) atoms. The molecule has 0 bridgehead atoms. The van der Waals surface area contributed by atoms with Crippen molar-refractivity contribution in [2.75, 3.05) is 6.54 Å². The molecule has 0 saturated heterocycles. The number of furan rings is 1. The lowest BCUT2D eigenvalue weighted by Crippen LogP contribution is -2.83. The minimum atomic E-state index is 0.704. The Bertz CT molecular complexity index is 487. The summed E-state index contributed by atoms with van der Waals surface area (Å²) in [6.45, 7) is 6.46. The van der Waals surface area contributed by atoms with E-state index >= 15 is 0 Å². The van der Waals surface area contributed by atoms with Crippen molar-refractivity contribution in [3.8, 4) is 11.3 Å². The van der Waals surface area contributed by atoms with Crippen LogP contribution in [0.1, 0.15) is 19.6 Å². The van der Waals surface area contributed by atoms with E-state index in [-0.39, 0.29) is 0 Å². The molecule has 0 saturated carbocycles. The zero-order valence-corrected chi connectivity index (χ0v) is 11.6. The molecule has 96 valence electrons. The summed E-state index contributed by atoms with van der Waals surface area (Å²) in [5.74, 6) is 2.62. The smallest absolute Gasteiger partial charge is 0.158 e. The van der Waals surface area contributed by atoms with Crippen LogP contribution in [0.5, 0.6) is 0 Å². The van der Waals surface area contributed by atoms with Crippen LogP contribution in [0.4, 0.5) is 0 Å². The van der Waals surface area contributed by atoms with Crippen LogP contribution in [0.25, 0.3) is 11.3 Å². The zero-order valence-electron chi connectivity index (χ0n) is 10.8. The summed E-state index contributed by atoms with van der Waals surface area (Å²) in [7, 11) is 0. The highest BCUT2D eigenvalue weighted by Crippen LogP contribution is 2.23. The lowest BCUT2D eigenvalue weighted by molar-refractivity contribution is -0.676. The summed E-state index contributed by atoms with van der Waals surface area (Å²) in [5.41, 5.74) is 1.06. The fraction of sp³-hybridized carbons (Fsp3) is 0.333. The van der Waals surface area contributed by atoms with Gasteiger partial charge in [-0.25, -0.2) is 0 Å². The number of halogens is 1. The van der Waals surface area contributed by atoms with Crippen molar-refractivity contribution < 1.29 is 9.73 Å². The van der Waals surface area contributed by atoms with E-state index in [4.69, 9.17) is 16.0 Å². The molecule has 0 unspecified atom stereocenters. The van der Waals surface area contributed by atoms with Crippen molar-refractivity contribution in [2.24, 2.45) is 5.92 Å². The third-order valence-electron chi connectivity index (χ3n) is 2.77. The van der Waals surface area contributed by atoms with Crippen LogP contribution in [-0.2, 0) is 6.54 Å². The summed E-state index contributed by atoms with van der Waals surface area (Å²) < 4.78 is 5.82. The van der Waals surface area contributed by atoms with Crippen molar-refractivity contribution in [3.05, 3.63) is 47.2 Å². The Balaban J connectivity index is 1.99. The van der Waals surface area contributed by atoms with Crippen LogP contribution in [0.3, 0.4) is 0 Å². The number of hydrogen-bond acceptors (Lipinski definition) is 1. The molecule has 0 amide bonds. The van der Waals surface area contributed by atoms with E-state index in [1.807, 2.05) is 36.4 Å². The predicted octanol–water partition coefficient (Wildman–Crippen LogP) is 3.32. The molecule has 0 aliphatic rings. The van der Waals surface area contributed by atoms with Gasteiger partial charge in [0.15, 0.2) is 5.76 Å². The standard InChI is InChI=1S/C15H18ClNO/c1-11(2)9-17-10-14-7-8-15(18-14)12-3-5-13(16)6-4-12/h3-8,11,17H,9-10H2,1-2H3/p+1. The number of hydrogen-bond donors (Lipinski definition) is 1. The second kappa shape index (κ2) is 6.07. The number of quaternary nitrogens is 1. The number of benzene rings is 1. The van der Waals surface area contributed by atoms with Gasteiger partial charge in [0.05, 0.1) is 6.54 Å². The largest absolute Gasteiger partial charge is 0.455 e. The summed E-state index contributed by atoms with van der Waals surface area (Å²) in [6.07, 6.45) is 0. The first-order chi connectivity index (χ1) is 8.65. The van der Waals surface area contributed by atoms with Gasteiger partial charge >= 0.3 is 0 Å². The highest BCUT2D eigenvalue weighted by molar-refractivity contribution is 6.30. The molecule has 2 N–H and O–H groups in total. The van der Waals surface area contributed by atoms with E-state index < -0.39 is 0 Å². The molecule has 2 rings (SSSR count). The van der Waals surface area contributed by atoms with Crippen LogP contribution in [0, 0.1) is 5.92 Å². The van der Waals surface area contributed by atoms with Crippen LogP contribution in [-0.4, -0.2) is 6.54 Å². The molecular weight excluding hydrogens is 246 g/mol. The number of rotatable bonds is 5. The minimum absolute atomic E-state index is 0.704. The van der Waals surface area contributed by atoms with Gasteiger partial charge in [-0.05, 0) is 36.4 Å². The molecule has 0 fully saturated rings. The van der Waals surface area contributed by atoms with Gasteiger partial charge < -0.3 is 9.73 Å². The molecule has 0 atom stereocenters. The van der Waals surface area contributed by atoms with Gasteiger partial charge in [-0.1, -0.05) is 25.4 Å². The maximum atomic E-state index is 5.87. The third-order valence-corrected chi connectivity index (χ3v) is 3.03. The van der Waals surface area contributed by atoms with Crippen molar-refractivity contribution >= 4 is 11.6 Å². The van der Waals surface area contributed by atoms with Gasteiger partial charge in [0.25, 0.3) is 0 Å². The Morgan fingerprint density at radius 3 is 2.50 bits per heavy atom. The van der Waals surface area contributed by atoms with E-state index in [9.17, 15) is 0 Å². The van der Waals surface area contributed by atoms with Gasteiger partial charge in [-0.15, -0.1) is 0 Å². The Labute approximate surface area is 113 Å². The molecule has 1 aromatic heterocycles. The Kier molecular flexibility index (Phi) is 4.45. The Morgan fingerprint density at radius 2 is 1.83 bits per heavy atom. The Hall–Kier alpha value is -1.25. The average Bonchev–Trinajstić information content (AvgIpc) is 2.78. The van der Waals surface area contributed by atoms with Crippen molar-refractivity contribution in [1.29, 1.82) is 0 Å². The van der Waals surface area contributed by atoms with Gasteiger partial charge in [-0.3, -0.25) is 0 Å². The molecule has 0 radical (unpaired) electrons. The first-order valence-corrected chi connectivity index (χ1v) is 6.69. The lowest BCUT2D eigenvalue weighted by atomic mass is 10.2. The third kappa shape index (κ3) is 3.62. The fourth-order valence-corrected chi connectivity index (χ4v) is 1.94. The lowest BCUT2D eigenvalue weighted by Gasteiger charge is -2.02. The van der Waals surface area contributed by atoms with Gasteiger partial charge in [0, 0.05) is 16.5 Å². The normalized spacial score (nSPS) is 11.1. The van der Waals surface area contributed by atoms with Gasteiger partial charge in [0.1, 0.15) is 12.3 Å². The van der Waals surface area contributed by atoms with Crippen LogP contribution in [0.15, 0.2) is 40.8 Å². The highest BCUT2D eigenvalue weighted by atomic mass is 35.5. The zero-order chi connectivity index (χ0) is 13.0. The second-order valence-corrected chi connectivity index (χ2v) is 5.33. The highest BCUT2D eigenvalue weighted by Gasteiger charge is 2.06. The van der Waals surface area contributed by atoms with Gasteiger partial charge in [-0.2, -0.15) is 0 Å². The summed E-state index contributed by atoms with van der Waals surface area (Å²) in [6, 6.07) is 11.8. The van der Waals surface area contributed by atoms with E-state index in [0.29, 0.717) is 5.92 Å². The number of nitrogens with two attached hydrogens (primary N) is 1. The maximum Gasteiger partial charge on any atom is 0.158 e. The van der Waals surface area contributed by atoms with Crippen molar-refractivity contribution in [1.82, 2.24) is 0 Å².